The van der Waals surface area contributed by atoms with Crippen molar-refractivity contribution in [3.63, 3.8) is 0 Å². The van der Waals surface area contributed by atoms with Gasteiger partial charge in [-0.3, -0.25) is 4.98 Å². The first kappa shape index (κ1) is 14.5. The SMILES string of the molecule is CCNC(Cc1ccc(Cl)cc1)c1cncc(Br)c1. The molecular formula is C15H16BrClN2. The van der Waals surface area contributed by atoms with Gasteiger partial charge in [0, 0.05) is 27.9 Å². The monoisotopic (exact) mass is 338 g/mol. The summed E-state index contributed by atoms with van der Waals surface area (Å²) in [7, 11) is 0. The molecule has 0 saturated carbocycles. The highest BCUT2D eigenvalue weighted by Gasteiger charge is 2.12. The van der Waals surface area contributed by atoms with Crippen LogP contribution < -0.4 is 5.32 Å². The fourth-order valence-electron chi connectivity index (χ4n) is 2.03. The van der Waals surface area contributed by atoms with Crippen molar-refractivity contribution >= 4 is 27.5 Å². The number of benzene rings is 1. The van der Waals surface area contributed by atoms with Gasteiger partial charge in [-0.2, -0.15) is 0 Å². The largest absolute Gasteiger partial charge is 0.310 e. The molecule has 1 heterocycles. The van der Waals surface area contributed by atoms with Crippen molar-refractivity contribution in [2.45, 2.75) is 19.4 Å². The van der Waals surface area contributed by atoms with Crippen LogP contribution in [0.4, 0.5) is 0 Å². The summed E-state index contributed by atoms with van der Waals surface area (Å²) < 4.78 is 1.00. The number of halogens is 2. The molecule has 2 rings (SSSR count). The standard InChI is InChI=1S/C15H16BrClN2/c1-2-19-15(12-8-13(16)10-18-9-12)7-11-3-5-14(17)6-4-11/h3-6,8-10,15,19H,2,7H2,1H3. The van der Waals surface area contributed by atoms with E-state index >= 15 is 0 Å². The minimum atomic E-state index is 0.260. The Kier molecular flexibility index (Phi) is 5.37. The smallest absolute Gasteiger partial charge is 0.0410 e. The molecule has 0 aliphatic heterocycles. The predicted molar refractivity (Wildman–Crippen MR) is 83.5 cm³/mol. The second-order valence-corrected chi connectivity index (χ2v) is 5.73. The Morgan fingerprint density at radius 2 is 2.00 bits per heavy atom. The van der Waals surface area contributed by atoms with Crippen LogP contribution >= 0.6 is 27.5 Å². The Balaban J connectivity index is 2.18. The summed E-state index contributed by atoms with van der Waals surface area (Å²) in [6.45, 7) is 3.03. The van der Waals surface area contributed by atoms with Crippen molar-refractivity contribution in [2.75, 3.05) is 6.54 Å². The van der Waals surface area contributed by atoms with E-state index in [-0.39, 0.29) is 6.04 Å². The molecule has 1 N–H and O–H groups in total. The van der Waals surface area contributed by atoms with Gasteiger partial charge >= 0.3 is 0 Å². The number of aromatic nitrogens is 1. The van der Waals surface area contributed by atoms with Gasteiger partial charge in [0.1, 0.15) is 0 Å². The number of pyridine rings is 1. The van der Waals surface area contributed by atoms with Crippen molar-refractivity contribution in [2.24, 2.45) is 0 Å². The first-order valence-corrected chi connectivity index (χ1v) is 7.44. The van der Waals surface area contributed by atoms with E-state index < -0.39 is 0 Å². The van der Waals surface area contributed by atoms with E-state index in [2.05, 4.69) is 51.4 Å². The van der Waals surface area contributed by atoms with Crippen LogP contribution in [0, 0.1) is 0 Å². The fourth-order valence-corrected chi connectivity index (χ4v) is 2.54. The molecule has 19 heavy (non-hydrogen) atoms. The van der Waals surface area contributed by atoms with Crippen molar-refractivity contribution in [1.82, 2.24) is 10.3 Å². The van der Waals surface area contributed by atoms with Crippen LogP contribution in [0.3, 0.4) is 0 Å². The summed E-state index contributed by atoms with van der Waals surface area (Å²) >= 11 is 9.38. The lowest BCUT2D eigenvalue weighted by atomic mass is 10.0. The lowest BCUT2D eigenvalue weighted by Crippen LogP contribution is -2.23. The van der Waals surface area contributed by atoms with Crippen molar-refractivity contribution in [3.05, 3.63) is 63.3 Å². The normalized spacial score (nSPS) is 12.4. The van der Waals surface area contributed by atoms with Crippen LogP contribution in [0.25, 0.3) is 0 Å². The van der Waals surface area contributed by atoms with Gasteiger partial charge < -0.3 is 5.32 Å². The maximum Gasteiger partial charge on any atom is 0.0410 e. The minimum absolute atomic E-state index is 0.260. The van der Waals surface area contributed by atoms with Gasteiger partial charge in [0.2, 0.25) is 0 Å². The topological polar surface area (TPSA) is 24.9 Å². The van der Waals surface area contributed by atoms with Gasteiger partial charge in [-0.25, -0.2) is 0 Å². The zero-order valence-electron chi connectivity index (χ0n) is 10.7. The highest BCUT2D eigenvalue weighted by Crippen LogP contribution is 2.21. The Morgan fingerprint density at radius 3 is 2.63 bits per heavy atom. The van der Waals surface area contributed by atoms with Crippen molar-refractivity contribution < 1.29 is 0 Å². The number of rotatable bonds is 5. The van der Waals surface area contributed by atoms with Gasteiger partial charge in [0.15, 0.2) is 0 Å². The molecule has 0 aliphatic rings. The molecule has 2 nitrogen and oxygen atoms in total. The average Bonchev–Trinajstić information content (AvgIpc) is 2.41. The quantitative estimate of drug-likeness (QED) is 0.874. The first-order valence-electron chi connectivity index (χ1n) is 6.27. The number of hydrogen-bond donors (Lipinski definition) is 1. The van der Waals surface area contributed by atoms with E-state index in [1.165, 1.54) is 11.1 Å². The molecule has 0 bridgehead atoms. The number of likely N-dealkylation sites (N-methyl/N-ethyl adjacent to an activating group) is 1. The van der Waals surface area contributed by atoms with Gasteiger partial charge in [-0.15, -0.1) is 0 Å². The Hall–Kier alpha value is -0.900. The summed E-state index contributed by atoms with van der Waals surface area (Å²) in [5, 5.41) is 4.27. The zero-order valence-corrected chi connectivity index (χ0v) is 13.1. The molecule has 0 aliphatic carbocycles. The predicted octanol–water partition coefficient (Wildman–Crippen LogP) is 4.39. The molecule has 1 aromatic carbocycles. The molecule has 2 aromatic rings. The molecule has 1 unspecified atom stereocenters. The second kappa shape index (κ2) is 7.04. The van der Waals surface area contributed by atoms with Gasteiger partial charge in [-0.1, -0.05) is 30.7 Å². The number of nitrogens with one attached hydrogen (secondary N) is 1. The van der Waals surface area contributed by atoms with Crippen LogP contribution in [-0.2, 0) is 6.42 Å². The van der Waals surface area contributed by atoms with E-state index in [1.54, 1.807) is 6.20 Å². The lowest BCUT2D eigenvalue weighted by molar-refractivity contribution is 0.548. The summed E-state index contributed by atoms with van der Waals surface area (Å²) in [4.78, 5) is 4.24. The van der Waals surface area contributed by atoms with E-state index in [4.69, 9.17) is 11.6 Å². The molecule has 0 amide bonds. The third-order valence-corrected chi connectivity index (χ3v) is 3.62. The third kappa shape index (κ3) is 4.30. The van der Waals surface area contributed by atoms with Crippen molar-refractivity contribution in [3.8, 4) is 0 Å². The number of nitrogens with zero attached hydrogens (tertiary/aromatic N) is 1. The highest BCUT2D eigenvalue weighted by atomic mass is 79.9. The Morgan fingerprint density at radius 1 is 1.26 bits per heavy atom. The summed E-state index contributed by atoms with van der Waals surface area (Å²) in [5.41, 5.74) is 2.45. The van der Waals surface area contributed by atoms with E-state index in [1.807, 2.05) is 18.3 Å². The molecule has 100 valence electrons. The summed E-state index contributed by atoms with van der Waals surface area (Å²) in [6.07, 6.45) is 4.63. The van der Waals surface area contributed by atoms with E-state index in [0.29, 0.717) is 0 Å². The van der Waals surface area contributed by atoms with Crippen LogP contribution in [0.2, 0.25) is 5.02 Å². The summed E-state index contributed by atoms with van der Waals surface area (Å²) in [5.74, 6) is 0. The van der Waals surface area contributed by atoms with Crippen LogP contribution in [0.5, 0.6) is 0 Å². The summed E-state index contributed by atoms with van der Waals surface area (Å²) in [6, 6.07) is 10.4. The molecule has 1 atom stereocenters. The van der Waals surface area contributed by atoms with Gasteiger partial charge in [0.05, 0.1) is 0 Å². The fraction of sp³-hybridized carbons (Fsp3) is 0.267. The zero-order chi connectivity index (χ0) is 13.7. The average molecular weight is 340 g/mol. The molecule has 0 fully saturated rings. The molecule has 0 spiro atoms. The molecule has 0 radical (unpaired) electrons. The molecular weight excluding hydrogens is 324 g/mol. The van der Waals surface area contributed by atoms with Crippen LogP contribution in [0.15, 0.2) is 47.2 Å². The third-order valence-electron chi connectivity index (χ3n) is 2.93. The Labute approximate surface area is 127 Å². The molecule has 0 saturated heterocycles. The number of hydrogen-bond acceptors (Lipinski definition) is 2. The van der Waals surface area contributed by atoms with Gasteiger partial charge in [-0.05, 0) is 58.2 Å². The second-order valence-electron chi connectivity index (χ2n) is 4.38. The maximum atomic E-state index is 5.92. The highest BCUT2D eigenvalue weighted by molar-refractivity contribution is 9.10. The lowest BCUT2D eigenvalue weighted by Gasteiger charge is -2.18. The van der Waals surface area contributed by atoms with Crippen molar-refractivity contribution in [1.29, 1.82) is 0 Å². The Bertz CT molecular complexity index is 528. The van der Waals surface area contributed by atoms with Crippen LogP contribution in [-0.4, -0.2) is 11.5 Å². The molecule has 4 heteroatoms. The van der Waals surface area contributed by atoms with E-state index in [9.17, 15) is 0 Å². The maximum absolute atomic E-state index is 5.92. The minimum Gasteiger partial charge on any atom is -0.310 e. The molecule has 1 aromatic heterocycles. The van der Waals surface area contributed by atoms with Crippen LogP contribution in [0.1, 0.15) is 24.1 Å². The van der Waals surface area contributed by atoms with E-state index in [0.717, 1.165) is 22.5 Å². The van der Waals surface area contributed by atoms with Gasteiger partial charge in [0.25, 0.3) is 0 Å². The first-order chi connectivity index (χ1) is 9.19.